The number of ether oxygens (including phenoxy) is 1. The molecule has 104 valence electrons. The molecular weight excluding hydrogens is 234 g/mol. The lowest BCUT2D eigenvalue weighted by molar-refractivity contribution is -0.142. The van der Waals surface area contributed by atoms with Crippen LogP contribution in [0.5, 0.6) is 0 Å². The molecule has 6 nitrogen and oxygen atoms in total. The third kappa shape index (κ3) is 3.87. The summed E-state index contributed by atoms with van der Waals surface area (Å²) >= 11 is 0. The monoisotopic (exact) mass is 257 g/mol. The fourth-order valence-electron chi connectivity index (χ4n) is 2.04. The first-order valence-electron chi connectivity index (χ1n) is 6.45. The van der Waals surface area contributed by atoms with Crippen LogP contribution in [0.3, 0.4) is 0 Å². The van der Waals surface area contributed by atoms with Crippen LogP contribution < -0.4 is 0 Å². The maximum Gasteiger partial charge on any atom is 0.320 e. The molecule has 0 radical (unpaired) electrons. The van der Waals surface area contributed by atoms with Crippen LogP contribution in [0, 0.1) is 0 Å². The molecule has 0 aromatic heterocycles. The summed E-state index contributed by atoms with van der Waals surface area (Å²) in [4.78, 5) is 28.9. The molecule has 1 fully saturated rings. The number of piperazine rings is 1. The fraction of sp³-hybridized carbons (Fsp3) is 0.833. The van der Waals surface area contributed by atoms with Crippen molar-refractivity contribution in [3.05, 3.63) is 0 Å². The molecule has 18 heavy (non-hydrogen) atoms. The Morgan fingerprint density at radius 2 is 1.67 bits per heavy atom. The maximum absolute atomic E-state index is 12.1. The Hall–Kier alpha value is -1.30. The Balaban J connectivity index is 2.39. The van der Waals surface area contributed by atoms with Gasteiger partial charge in [0.15, 0.2) is 0 Å². The summed E-state index contributed by atoms with van der Waals surface area (Å²) in [5, 5.41) is 0. The number of carbonyl (C=O) groups is 2. The van der Waals surface area contributed by atoms with Gasteiger partial charge in [-0.05, 0) is 13.8 Å². The van der Waals surface area contributed by atoms with Crippen molar-refractivity contribution in [2.45, 2.75) is 13.8 Å². The largest absolute Gasteiger partial charge is 0.468 e. The predicted molar refractivity (Wildman–Crippen MR) is 68.3 cm³/mol. The van der Waals surface area contributed by atoms with Crippen LogP contribution in [0.15, 0.2) is 0 Å². The number of hydrogen-bond donors (Lipinski definition) is 0. The van der Waals surface area contributed by atoms with Crippen LogP contribution in [0.4, 0.5) is 4.79 Å². The second kappa shape index (κ2) is 7.20. The molecule has 1 heterocycles. The van der Waals surface area contributed by atoms with Crippen LogP contribution >= 0.6 is 0 Å². The van der Waals surface area contributed by atoms with E-state index in [1.807, 2.05) is 28.5 Å². The van der Waals surface area contributed by atoms with Crippen molar-refractivity contribution in [1.29, 1.82) is 0 Å². The molecule has 0 aromatic rings. The summed E-state index contributed by atoms with van der Waals surface area (Å²) in [6, 6.07) is 0.0951. The zero-order chi connectivity index (χ0) is 13.5. The third-order valence-corrected chi connectivity index (χ3v) is 3.26. The highest BCUT2D eigenvalue weighted by molar-refractivity contribution is 5.74. The van der Waals surface area contributed by atoms with Gasteiger partial charge in [0.2, 0.25) is 0 Å². The first kappa shape index (κ1) is 14.8. The Kier molecular flexibility index (Phi) is 5.91. The van der Waals surface area contributed by atoms with E-state index in [2.05, 4.69) is 4.74 Å². The molecule has 0 atom stereocenters. The molecule has 1 aliphatic heterocycles. The molecule has 0 N–H and O–H groups in total. The van der Waals surface area contributed by atoms with Crippen molar-refractivity contribution in [2.24, 2.45) is 0 Å². The predicted octanol–water partition coefficient (Wildman–Crippen LogP) is 0.239. The number of nitrogens with zero attached hydrogens (tertiary/aromatic N) is 3. The van der Waals surface area contributed by atoms with Crippen LogP contribution in [-0.4, -0.2) is 79.6 Å². The van der Waals surface area contributed by atoms with Crippen molar-refractivity contribution in [1.82, 2.24) is 14.7 Å². The summed E-state index contributed by atoms with van der Waals surface area (Å²) < 4.78 is 4.63. The van der Waals surface area contributed by atoms with Gasteiger partial charge in [0.05, 0.1) is 13.7 Å². The summed E-state index contributed by atoms with van der Waals surface area (Å²) in [7, 11) is 1.39. The Morgan fingerprint density at radius 1 is 1.11 bits per heavy atom. The lowest BCUT2D eigenvalue weighted by Crippen LogP contribution is -2.53. The standard InChI is InChI=1S/C12H23N3O3/c1-4-14(5-2)12(17)15-8-6-13(7-9-15)10-11(16)18-3/h4-10H2,1-3H3. The molecule has 0 aliphatic carbocycles. The smallest absolute Gasteiger partial charge is 0.320 e. The van der Waals surface area contributed by atoms with Gasteiger partial charge in [0.25, 0.3) is 0 Å². The van der Waals surface area contributed by atoms with Gasteiger partial charge in [0.1, 0.15) is 0 Å². The summed E-state index contributed by atoms with van der Waals surface area (Å²) in [5.41, 5.74) is 0. The SMILES string of the molecule is CCN(CC)C(=O)N1CCN(CC(=O)OC)CC1. The van der Waals surface area contributed by atoms with Gasteiger partial charge in [-0.15, -0.1) is 0 Å². The average molecular weight is 257 g/mol. The lowest BCUT2D eigenvalue weighted by Gasteiger charge is -2.36. The highest BCUT2D eigenvalue weighted by atomic mass is 16.5. The Labute approximate surface area is 108 Å². The average Bonchev–Trinajstić information content (AvgIpc) is 2.40. The van der Waals surface area contributed by atoms with Crippen molar-refractivity contribution in [2.75, 3.05) is 52.9 Å². The molecular formula is C12H23N3O3. The van der Waals surface area contributed by atoms with Gasteiger partial charge in [0, 0.05) is 39.3 Å². The van der Waals surface area contributed by atoms with Crippen molar-refractivity contribution >= 4 is 12.0 Å². The molecule has 2 amide bonds. The van der Waals surface area contributed by atoms with Gasteiger partial charge < -0.3 is 14.5 Å². The van der Waals surface area contributed by atoms with Gasteiger partial charge in [-0.3, -0.25) is 9.69 Å². The normalized spacial score (nSPS) is 16.5. The molecule has 0 saturated carbocycles. The van der Waals surface area contributed by atoms with Crippen LogP contribution in [0.2, 0.25) is 0 Å². The summed E-state index contributed by atoms with van der Waals surface area (Å²) in [5.74, 6) is -0.224. The quantitative estimate of drug-likeness (QED) is 0.677. The minimum absolute atomic E-state index is 0.0951. The van der Waals surface area contributed by atoms with E-state index in [0.29, 0.717) is 19.6 Å². The number of hydrogen-bond acceptors (Lipinski definition) is 4. The molecule has 1 aliphatic rings. The van der Waals surface area contributed by atoms with E-state index in [0.717, 1.165) is 26.2 Å². The van der Waals surface area contributed by atoms with Crippen LogP contribution in [0.1, 0.15) is 13.8 Å². The van der Waals surface area contributed by atoms with Gasteiger partial charge in [-0.2, -0.15) is 0 Å². The Bertz CT molecular complexity index is 284. The molecule has 0 bridgehead atoms. The zero-order valence-electron chi connectivity index (χ0n) is 11.5. The van der Waals surface area contributed by atoms with Gasteiger partial charge in [-0.25, -0.2) is 4.79 Å². The number of rotatable bonds is 4. The van der Waals surface area contributed by atoms with Crippen molar-refractivity contribution < 1.29 is 14.3 Å². The molecule has 0 unspecified atom stereocenters. The van der Waals surface area contributed by atoms with Crippen LogP contribution in [-0.2, 0) is 9.53 Å². The highest BCUT2D eigenvalue weighted by Crippen LogP contribution is 2.05. The lowest BCUT2D eigenvalue weighted by atomic mass is 10.3. The molecule has 6 heteroatoms. The number of amides is 2. The summed E-state index contributed by atoms with van der Waals surface area (Å²) in [6.07, 6.45) is 0. The number of carbonyl (C=O) groups excluding carboxylic acids is 2. The van der Waals surface area contributed by atoms with Gasteiger partial charge in [-0.1, -0.05) is 0 Å². The minimum atomic E-state index is -0.224. The van der Waals surface area contributed by atoms with E-state index in [1.165, 1.54) is 7.11 Å². The first-order chi connectivity index (χ1) is 8.62. The minimum Gasteiger partial charge on any atom is -0.468 e. The van der Waals surface area contributed by atoms with E-state index in [4.69, 9.17) is 0 Å². The zero-order valence-corrected chi connectivity index (χ0v) is 11.5. The van der Waals surface area contributed by atoms with Crippen LogP contribution in [0.25, 0.3) is 0 Å². The highest BCUT2D eigenvalue weighted by Gasteiger charge is 2.24. The van der Waals surface area contributed by atoms with Gasteiger partial charge >= 0.3 is 12.0 Å². The number of esters is 1. The molecule has 0 spiro atoms. The second-order valence-corrected chi connectivity index (χ2v) is 4.29. The van der Waals surface area contributed by atoms with Crippen molar-refractivity contribution in [3.63, 3.8) is 0 Å². The maximum atomic E-state index is 12.1. The van der Waals surface area contributed by atoms with E-state index in [1.54, 1.807) is 0 Å². The van der Waals surface area contributed by atoms with E-state index in [9.17, 15) is 9.59 Å². The first-order valence-corrected chi connectivity index (χ1v) is 6.45. The molecule has 1 saturated heterocycles. The Morgan fingerprint density at radius 3 is 2.11 bits per heavy atom. The second-order valence-electron chi connectivity index (χ2n) is 4.29. The third-order valence-electron chi connectivity index (χ3n) is 3.26. The number of urea groups is 1. The van der Waals surface area contributed by atoms with E-state index < -0.39 is 0 Å². The fourth-order valence-corrected chi connectivity index (χ4v) is 2.04. The molecule has 0 aromatic carbocycles. The topological polar surface area (TPSA) is 53.1 Å². The summed E-state index contributed by atoms with van der Waals surface area (Å²) in [6.45, 7) is 8.53. The molecule has 1 rings (SSSR count). The number of methoxy groups -OCH3 is 1. The van der Waals surface area contributed by atoms with E-state index in [-0.39, 0.29) is 12.0 Å². The van der Waals surface area contributed by atoms with E-state index >= 15 is 0 Å². The van der Waals surface area contributed by atoms with Crippen molar-refractivity contribution in [3.8, 4) is 0 Å².